The summed E-state index contributed by atoms with van der Waals surface area (Å²) in [6.45, 7) is 7.79. The summed E-state index contributed by atoms with van der Waals surface area (Å²) in [6.07, 6.45) is 1.93. The molecule has 0 spiro atoms. The van der Waals surface area contributed by atoms with Gasteiger partial charge in [0.05, 0.1) is 0 Å². The van der Waals surface area contributed by atoms with Crippen molar-refractivity contribution in [1.29, 1.82) is 0 Å². The Balaban J connectivity index is 1.99. The van der Waals surface area contributed by atoms with Crippen LogP contribution in [-0.4, -0.2) is 36.9 Å². The van der Waals surface area contributed by atoms with Crippen molar-refractivity contribution in [2.75, 3.05) is 26.2 Å². The third-order valence-electron chi connectivity index (χ3n) is 4.20. The van der Waals surface area contributed by atoms with Crippen molar-refractivity contribution in [2.45, 2.75) is 26.7 Å². The number of nitrogens with zero attached hydrogens (tertiary/aromatic N) is 1. The van der Waals surface area contributed by atoms with Crippen molar-refractivity contribution in [3.05, 3.63) is 34.9 Å². The van der Waals surface area contributed by atoms with Gasteiger partial charge in [-0.1, -0.05) is 12.1 Å². The van der Waals surface area contributed by atoms with E-state index >= 15 is 0 Å². The molecular formula is C16H24N2O. The third-order valence-corrected chi connectivity index (χ3v) is 4.20. The minimum absolute atomic E-state index is 0.191. The number of aryl methyl sites for hydroxylation is 2. The van der Waals surface area contributed by atoms with E-state index in [9.17, 15) is 4.79 Å². The third kappa shape index (κ3) is 3.43. The lowest BCUT2D eigenvalue weighted by Crippen LogP contribution is -2.39. The minimum Gasteiger partial charge on any atom is -0.329 e. The maximum atomic E-state index is 12.5. The molecule has 0 aromatic heterocycles. The second-order valence-corrected chi connectivity index (χ2v) is 5.57. The van der Waals surface area contributed by atoms with Gasteiger partial charge in [0, 0.05) is 24.6 Å². The second-order valence-electron chi connectivity index (χ2n) is 5.57. The van der Waals surface area contributed by atoms with Crippen molar-refractivity contribution >= 4 is 5.78 Å². The molecule has 1 aromatic rings. The molecule has 3 nitrogen and oxygen atoms in total. The highest BCUT2D eigenvalue weighted by molar-refractivity contribution is 5.98. The first-order chi connectivity index (χ1) is 9.11. The molecule has 0 bridgehead atoms. The highest BCUT2D eigenvalue weighted by Gasteiger charge is 2.25. The Morgan fingerprint density at radius 2 is 1.95 bits per heavy atom. The molecular weight excluding hydrogens is 236 g/mol. The van der Waals surface area contributed by atoms with E-state index < -0.39 is 0 Å². The number of hydrogen-bond acceptors (Lipinski definition) is 3. The van der Waals surface area contributed by atoms with Gasteiger partial charge in [-0.25, -0.2) is 0 Å². The van der Waals surface area contributed by atoms with E-state index in [1.165, 1.54) is 11.1 Å². The van der Waals surface area contributed by atoms with Crippen LogP contribution in [-0.2, 0) is 0 Å². The SMILES string of the molecule is Cc1ccc(C(=O)C2CCN(CCN)CC2)cc1C. The highest BCUT2D eigenvalue weighted by Crippen LogP contribution is 2.22. The van der Waals surface area contributed by atoms with Crippen LogP contribution in [0.15, 0.2) is 18.2 Å². The Labute approximate surface area is 115 Å². The first-order valence-corrected chi connectivity index (χ1v) is 7.15. The van der Waals surface area contributed by atoms with Crippen LogP contribution in [0.4, 0.5) is 0 Å². The Morgan fingerprint density at radius 1 is 1.26 bits per heavy atom. The predicted octanol–water partition coefficient (Wildman–Crippen LogP) is 2.16. The van der Waals surface area contributed by atoms with Crippen molar-refractivity contribution in [2.24, 2.45) is 11.7 Å². The van der Waals surface area contributed by atoms with Crippen LogP contribution in [0.3, 0.4) is 0 Å². The summed E-state index contributed by atoms with van der Waals surface area (Å²) >= 11 is 0. The monoisotopic (exact) mass is 260 g/mol. The molecule has 1 fully saturated rings. The molecule has 1 aliphatic rings. The second kappa shape index (κ2) is 6.31. The number of hydrogen-bond donors (Lipinski definition) is 1. The van der Waals surface area contributed by atoms with E-state index in [1.54, 1.807) is 0 Å². The van der Waals surface area contributed by atoms with E-state index in [0.29, 0.717) is 12.3 Å². The molecule has 19 heavy (non-hydrogen) atoms. The van der Waals surface area contributed by atoms with Crippen molar-refractivity contribution in [1.82, 2.24) is 4.90 Å². The zero-order valence-electron chi connectivity index (χ0n) is 12.0. The lowest BCUT2D eigenvalue weighted by Gasteiger charge is -2.30. The molecule has 104 valence electrons. The number of ketones is 1. The summed E-state index contributed by atoms with van der Waals surface area (Å²) < 4.78 is 0. The summed E-state index contributed by atoms with van der Waals surface area (Å²) in [5.74, 6) is 0.506. The predicted molar refractivity (Wildman–Crippen MR) is 78.5 cm³/mol. The molecule has 0 atom stereocenters. The molecule has 2 rings (SSSR count). The fraction of sp³-hybridized carbons (Fsp3) is 0.562. The van der Waals surface area contributed by atoms with Gasteiger partial charge >= 0.3 is 0 Å². The van der Waals surface area contributed by atoms with E-state index in [0.717, 1.165) is 38.0 Å². The Kier molecular flexibility index (Phi) is 4.72. The molecule has 2 N–H and O–H groups in total. The summed E-state index contributed by atoms with van der Waals surface area (Å²) in [5.41, 5.74) is 8.89. The van der Waals surface area contributed by atoms with Crippen LogP contribution in [0.25, 0.3) is 0 Å². The van der Waals surface area contributed by atoms with Crippen LogP contribution < -0.4 is 5.73 Å². The summed E-state index contributed by atoms with van der Waals surface area (Å²) in [6, 6.07) is 6.05. The number of piperidine rings is 1. The zero-order valence-corrected chi connectivity index (χ0v) is 12.0. The largest absolute Gasteiger partial charge is 0.329 e. The van der Waals surface area contributed by atoms with Gasteiger partial charge in [0.15, 0.2) is 5.78 Å². The molecule has 3 heteroatoms. The number of carbonyl (C=O) groups is 1. The maximum Gasteiger partial charge on any atom is 0.166 e. The fourth-order valence-corrected chi connectivity index (χ4v) is 2.73. The van der Waals surface area contributed by atoms with E-state index in [-0.39, 0.29) is 5.92 Å². The van der Waals surface area contributed by atoms with Crippen molar-refractivity contribution in [3.8, 4) is 0 Å². The van der Waals surface area contributed by atoms with Gasteiger partial charge in [-0.3, -0.25) is 4.79 Å². The summed E-state index contributed by atoms with van der Waals surface area (Å²) in [4.78, 5) is 14.8. The molecule has 0 unspecified atom stereocenters. The van der Waals surface area contributed by atoms with Gasteiger partial charge in [-0.05, 0) is 57.0 Å². The van der Waals surface area contributed by atoms with Crippen LogP contribution in [0.1, 0.15) is 34.3 Å². The van der Waals surface area contributed by atoms with Gasteiger partial charge in [-0.15, -0.1) is 0 Å². The fourth-order valence-electron chi connectivity index (χ4n) is 2.73. The van der Waals surface area contributed by atoms with Crippen LogP contribution in [0, 0.1) is 19.8 Å². The molecule has 0 amide bonds. The number of Topliss-reactive ketones (excluding diaryl/α,β-unsaturated/α-hetero) is 1. The highest BCUT2D eigenvalue weighted by atomic mass is 16.1. The van der Waals surface area contributed by atoms with E-state index in [1.807, 2.05) is 18.2 Å². The Morgan fingerprint density at radius 3 is 2.53 bits per heavy atom. The van der Waals surface area contributed by atoms with Gasteiger partial charge in [0.1, 0.15) is 0 Å². The molecule has 1 aliphatic heterocycles. The average Bonchev–Trinajstić information content (AvgIpc) is 2.42. The molecule has 1 heterocycles. The smallest absolute Gasteiger partial charge is 0.166 e. The molecule has 1 saturated heterocycles. The first-order valence-electron chi connectivity index (χ1n) is 7.15. The summed E-state index contributed by atoms with van der Waals surface area (Å²) in [5, 5.41) is 0. The van der Waals surface area contributed by atoms with Crippen LogP contribution >= 0.6 is 0 Å². The molecule has 1 aromatic carbocycles. The summed E-state index contributed by atoms with van der Waals surface area (Å²) in [7, 11) is 0. The van der Waals surface area contributed by atoms with Crippen molar-refractivity contribution in [3.63, 3.8) is 0 Å². The molecule has 0 saturated carbocycles. The van der Waals surface area contributed by atoms with Gasteiger partial charge in [0.25, 0.3) is 0 Å². The first kappa shape index (κ1) is 14.2. The standard InChI is InChI=1S/C16H24N2O/c1-12-3-4-15(11-13(12)2)16(19)14-5-8-18(9-6-14)10-7-17/h3-4,11,14H,5-10,17H2,1-2H3. The van der Waals surface area contributed by atoms with E-state index in [4.69, 9.17) is 5.73 Å². The number of benzene rings is 1. The zero-order chi connectivity index (χ0) is 13.8. The average molecular weight is 260 g/mol. The van der Waals surface area contributed by atoms with E-state index in [2.05, 4.69) is 18.7 Å². The molecule has 0 aliphatic carbocycles. The van der Waals surface area contributed by atoms with Crippen molar-refractivity contribution < 1.29 is 4.79 Å². The topological polar surface area (TPSA) is 46.3 Å². The normalized spacial score (nSPS) is 17.6. The Bertz CT molecular complexity index is 448. The minimum atomic E-state index is 0.191. The van der Waals surface area contributed by atoms with Gasteiger partial charge in [-0.2, -0.15) is 0 Å². The Hall–Kier alpha value is -1.19. The lowest BCUT2D eigenvalue weighted by atomic mass is 9.88. The lowest BCUT2D eigenvalue weighted by molar-refractivity contribution is 0.0842. The number of carbonyl (C=O) groups excluding carboxylic acids is 1. The van der Waals surface area contributed by atoms with Crippen LogP contribution in [0.2, 0.25) is 0 Å². The quantitative estimate of drug-likeness (QED) is 0.844. The van der Waals surface area contributed by atoms with Gasteiger partial charge < -0.3 is 10.6 Å². The molecule has 0 radical (unpaired) electrons. The number of nitrogens with two attached hydrogens (primary N) is 1. The number of rotatable bonds is 4. The maximum absolute atomic E-state index is 12.5. The number of likely N-dealkylation sites (tertiary alicyclic amines) is 1. The van der Waals surface area contributed by atoms with Gasteiger partial charge in [0.2, 0.25) is 0 Å². The van der Waals surface area contributed by atoms with Crippen LogP contribution in [0.5, 0.6) is 0 Å².